The van der Waals surface area contributed by atoms with Gasteiger partial charge >= 0.3 is 0 Å². The zero-order valence-electron chi connectivity index (χ0n) is 6.62. The van der Waals surface area contributed by atoms with Crippen LogP contribution in [0.5, 0.6) is 0 Å². The topological polar surface area (TPSA) is 9.23 Å². The monoisotopic (exact) mass is 126 g/mol. The van der Waals surface area contributed by atoms with Crippen molar-refractivity contribution < 1.29 is 4.74 Å². The van der Waals surface area contributed by atoms with E-state index in [1.807, 2.05) is 27.7 Å². The lowest BCUT2D eigenvalue weighted by molar-refractivity contribution is 0.0362. The van der Waals surface area contributed by atoms with Gasteiger partial charge in [-0.05, 0) is 27.7 Å². The highest BCUT2D eigenvalue weighted by Gasteiger charge is 2.11. The van der Waals surface area contributed by atoms with Crippen LogP contribution in [0.1, 0.15) is 27.7 Å². The molecule has 0 heterocycles. The Morgan fingerprint density at radius 1 is 1.44 bits per heavy atom. The second kappa shape index (κ2) is 3.53. The smallest absolute Gasteiger partial charge is 0.123 e. The third-order valence-corrected chi connectivity index (χ3v) is 0.931. The van der Waals surface area contributed by atoms with Crippen molar-refractivity contribution in [2.45, 2.75) is 33.3 Å². The minimum Gasteiger partial charge on any atom is -0.363 e. The Balaban J connectivity index is 3.80. The van der Waals surface area contributed by atoms with E-state index in [2.05, 4.69) is 11.8 Å². The molecule has 0 aliphatic heterocycles. The van der Waals surface area contributed by atoms with E-state index in [1.54, 1.807) is 0 Å². The highest BCUT2D eigenvalue weighted by Crippen LogP contribution is 2.05. The summed E-state index contributed by atoms with van der Waals surface area (Å²) in [6.45, 7) is 8.45. The Labute approximate surface area is 57.4 Å². The van der Waals surface area contributed by atoms with E-state index in [1.165, 1.54) is 0 Å². The molecule has 1 heteroatoms. The molecule has 0 aromatic rings. The van der Waals surface area contributed by atoms with Crippen LogP contribution in [0.15, 0.2) is 0 Å². The van der Waals surface area contributed by atoms with Gasteiger partial charge in [0, 0.05) is 6.61 Å². The summed E-state index contributed by atoms with van der Waals surface area (Å²) in [5.41, 5.74) is -0.260. The lowest BCUT2D eigenvalue weighted by Crippen LogP contribution is -2.21. The molecule has 0 N–H and O–H groups in total. The standard InChI is InChI=1S/C8H14O/c1-5-7-8(3,4)9-6-2/h6H2,1-4H3. The lowest BCUT2D eigenvalue weighted by Gasteiger charge is -2.16. The maximum Gasteiger partial charge on any atom is 0.123 e. The van der Waals surface area contributed by atoms with Gasteiger partial charge in [0.1, 0.15) is 5.60 Å². The molecule has 0 saturated carbocycles. The maximum absolute atomic E-state index is 5.30. The third kappa shape index (κ3) is 4.05. The van der Waals surface area contributed by atoms with E-state index < -0.39 is 0 Å². The average Bonchev–Trinajstić information content (AvgIpc) is 1.64. The van der Waals surface area contributed by atoms with Gasteiger partial charge in [-0.3, -0.25) is 0 Å². The highest BCUT2D eigenvalue weighted by atomic mass is 16.5. The Bertz CT molecular complexity index is 125. The molecule has 0 spiro atoms. The van der Waals surface area contributed by atoms with E-state index >= 15 is 0 Å². The first-order valence-electron chi connectivity index (χ1n) is 3.20. The zero-order chi connectivity index (χ0) is 7.33. The van der Waals surface area contributed by atoms with Crippen LogP contribution in [0, 0.1) is 11.8 Å². The van der Waals surface area contributed by atoms with Crippen molar-refractivity contribution in [1.82, 2.24) is 0 Å². The van der Waals surface area contributed by atoms with E-state index in [0.29, 0.717) is 0 Å². The van der Waals surface area contributed by atoms with Gasteiger partial charge in [-0.25, -0.2) is 0 Å². The molecule has 0 aromatic carbocycles. The van der Waals surface area contributed by atoms with E-state index in [4.69, 9.17) is 4.74 Å². The SMILES string of the molecule is CC#CC(C)(C)OCC. The minimum atomic E-state index is -0.260. The van der Waals surface area contributed by atoms with Crippen LogP contribution in [0.2, 0.25) is 0 Å². The fraction of sp³-hybridized carbons (Fsp3) is 0.750. The van der Waals surface area contributed by atoms with Gasteiger partial charge in [-0.2, -0.15) is 0 Å². The minimum absolute atomic E-state index is 0.260. The molecule has 1 nitrogen and oxygen atoms in total. The number of hydrogen-bond acceptors (Lipinski definition) is 1. The molecule has 0 bridgehead atoms. The number of ether oxygens (including phenoxy) is 1. The van der Waals surface area contributed by atoms with Crippen molar-refractivity contribution >= 4 is 0 Å². The van der Waals surface area contributed by atoms with Gasteiger partial charge in [0.2, 0.25) is 0 Å². The molecule has 0 atom stereocenters. The van der Waals surface area contributed by atoms with Gasteiger partial charge in [-0.1, -0.05) is 5.92 Å². The molecule has 0 aliphatic rings. The number of rotatable bonds is 2. The van der Waals surface area contributed by atoms with Crippen LogP contribution in [0.25, 0.3) is 0 Å². The molecule has 0 aliphatic carbocycles. The largest absolute Gasteiger partial charge is 0.363 e. The van der Waals surface area contributed by atoms with Crippen molar-refractivity contribution in [3.05, 3.63) is 0 Å². The molecule has 9 heavy (non-hydrogen) atoms. The van der Waals surface area contributed by atoms with Crippen molar-refractivity contribution in [3.63, 3.8) is 0 Å². The van der Waals surface area contributed by atoms with Crippen LogP contribution < -0.4 is 0 Å². The molecule has 0 saturated heterocycles. The van der Waals surface area contributed by atoms with Crippen LogP contribution in [0.3, 0.4) is 0 Å². The predicted octanol–water partition coefficient (Wildman–Crippen LogP) is 1.82. The van der Waals surface area contributed by atoms with Gasteiger partial charge in [-0.15, -0.1) is 5.92 Å². The second-order valence-electron chi connectivity index (χ2n) is 2.32. The summed E-state index contributed by atoms with van der Waals surface area (Å²) in [5, 5.41) is 0. The summed E-state index contributed by atoms with van der Waals surface area (Å²) in [6, 6.07) is 0. The summed E-state index contributed by atoms with van der Waals surface area (Å²) in [6.07, 6.45) is 0. The Morgan fingerprint density at radius 2 is 2.00 bits per heavy atom. The molecular weight excluding hydrogens is 112 g/mol. The molecule has 0 fully saturated rings. The average molecular weight is 126 g/mol. The zero-order valence-corrected chi connectivity index (χ0v) is 6.62. The van der Waals surface area contributed by atoms with E-state index in [-0.39, 0.29) is 5.60 Å². The molecule has 0 amide bonds. The first-order chi connectivity index (χ1) is 4.12. The summed E-state index contributed by atoms with van der Waals surface area (Å²) in [5.74, 6) is 5.77. The molecule has 0 radical (unpaired) electrons. The van der Waals surface area contributed by atoms with E-state index in [9.17, 15) is 0 Å². The summed E-state index contributed by atoms with van der Waals surface area (Å²) in [4.78, 5) is 0. The second-order valence-corrected chi connectivity index (χ2v) is 2.32. The fourth-order valence-electron chi connectivity index (χ4n) is 0.698. The highest BCUT2D eigenvalue weighted by molar-refractivity contribution is 5.08. The van der Waals surface area contributed by atoms with Gasteiger partial charge < -0.3 is 4.74 Å². The predicted molar refractivity (Wildman–Crippen MR) is 39.2 cm³/mol. The summed E-state index contributed by atoms with van der Waals surface area (Å²) >= 11 is 0. The Kier molecular flexibility index (Phi) is 3.34. The molecule has 52 valence electrons. The van der Waals surface area contributed by atoms with Crippen molar-refractivity contribution in [2.24, 2.45) is 0 Å². The Hall–Kier alpha value is -0.480. The quantitative estimate of drug-likeness (QED) is 0.513. The van der Waals surface area contributed by atoms with Gasteiger partial charge in [0.15, 0.2) is 0 Å². The van der Waals surface area contributed by atoms with Crippen LogP contribution in [-0.2, 0) is 4.74 Å². The lowest BCUT2D eigenvalue weighted by atomic mass is 10.1. The summed E-state index contributed by atoms with van der Waals surface area (Å²) in [7, 11) is 0. The maximum atomic E-state index is 5.30. The van der Waals surface area contributed by atoms with E-state index in [0.717, 1.165) is 6.61 Å². The van der Waals surface area contributed by atoms with Crippen molar-refractivity contribution in [3.8, 4) is 11.8 Å². The van der Waals surface area contributed by atoms with Crippen molar-refractivity contribution in [2.75, 3.05) is 6.61 Å². The fourth-order valence-corrected chi connectivity index (χ4v) is 0.698. The molecule has 0 rings (SSSR count). The Morgan fingerprint density at radius 3 is 2.33 bits per heavy atom. The van der Waals surface area contributed by atoms with Crippen molar-refractivity contribution in [1.29, 1.82) is 0 Å². The third-order valence-electron chi connectivity index (χ3n) is 0.931. The van der Waals surface area contributed by atoms with Crippen LogP contribution in [-0.4, -0.2) is 12.2 Å². The van der Waals surface area contributed by atoms with Gasteiger partial charge in [0.05, 0.1) is 0 Å². The van der Waals surface area contributed by atoms with Gasteiger partial charge in [0.25, 0.3) is 0 Å². The van der Waals surface area contributed by atoms with Crippen LogP contribution in [0.4, 0.5) is 0 Å². The summed E-state index contributed by atoms with van der Waals surface area (Å²) < 4.78 is 5.30. The first kappa shape index (κ1) is 8.52. The van der Waals surface area contributed by atoms with Crippen LogP contribution >= 0.6 is 0 Å². The molecule has 0 unspecified atom stereocenters. The first-order valence-corrected chi connectivity index (χ1v) is 3.20. The normalized spacial score (nSPS) is 10.2. The molecular formula is C8H14O. The molecule has 0 aromatic heterocycles. The number of hydrogen-bond donors (Lipinski definition) is 0.